The van der Waals surface area contributed by atoms with Crippen molar-refractivity contribution in [1.82, 2.24) is 0 Å². The minimum atomic E-state index is -0.939. The normalized spacial score (nSPS) is 10.3. The van der Waals surface area contributed by atoms with Crippen LogP contribution < -0.4 is 5.32 Å². The first kappa shape index (κ1) is 13.1. The highest BCUT2D eigenvalue weighted by molar-refractivity contribution is 5.87. The molecule has 100 valence electrons. The van der Waals surface area contributed by atoms with Crippen LogP contribution in [0.5, 0.6) is 0 Å². The van der Waals surface area contributed by atoms with Crippen LogP contribution >= 0.6 is 0 Å². The van der Waals surface area contributed by atoms with E-state index in [1.807, 2.05) is 0 Å². The van der Waals surface area contributed by atoms with Crippen LogP contribution in [-0.2, 0) is 11.3 Å². The highest BCUT2D eigenvalue weighted by Crippen LogP contribution is 2.17. The van der Waals surface area contributed by atoms with Crippen molar-refractivity contribution >= 4 is 11.7 Å². The highest BCUT2D eigenvalue weighted by atomic mass is 19.2. The summed E-state index contributed by atoms with van der Waals surface area (Å²) in [5.41, 5.74) is 0.965. The molecule has 4 nitrogen and oxygen atoms in total. The molecule has 0 radical (unpaired) electrons. The predicted octanol–water partition coefficient (Wildman–Crippen LogP) is 2.96. The van der Waals surface area contributed by atoms with E-state index in [9.17, 15) is 13.6 Å². The predicted molar refractivity (Wildman–Crippen MR) is 63.7 cm³/mol. The van der Waals surface area contributed by atoms with Gasteiger partial charge in [0.1, 0.15) is 0 Å². The van der Waals surface area contributed by atoms with Gasteiger partial charge in [-0.25, -0.2) is 13.6 Å². The molecular weight excluding hydrogens is 256 g/mol. The Morgan fingerprint density at radius 2 is 2.11 bits per heavy atom. The monoisotopic (exact) mass is 267 g/mol. The molecule has 2 rings (SSSR count). The lowest BCUT2D eigenvalue weighted by Crippen LogP contribution is -2.07. The fourth-order valence-corrected chi connectivity index (χ4v) is 1.55. The lowest BCUT2D eigenvalue weighted by atomic mass is 10.2. The summed E-state index contributed by atoms with van der Waals surface area (Å²) >= 11 is 0. The summed E-state index contributed by atoms with van der Waals surface area (Å²) in [5.74, 6) is -2.36. The number of hydrogen-bond donors (Lipinski definition) is 1. The van der Waals surface area contributed by atoms with Crippen molar-refractivity contribution in [3.8, 4) is 0 Å². The molecule has 6 heteroatoms. The van der Waals surface area contributed by atoms with E-state index in [1.165, 1.54) is 19.4 Å². The van der Waals surface area contributed by atoms with Gasteiger partial charge in [0.05, 0.1) is 13.4 Å². The Morgan fingerprint density at radius 3 is 2.79 bits per heavy atom. The van der Waals surface area contributed by atoms with Crippen molar-refractivity contribution in [2.75, 3.05) is 12.4 Å². The lowest BCUT2D eigenvalue weighted by molar-refractivity contribution is 0.0563. The summed E-state index contributed by atoms with van der Waals surface area (Å²) in [6.45, 7) is 0.228. The number of anilines is 1. The molecule has 0 fully saturated rings. The number of rotatable bonds is 4. The third-order valence-electron chi connectivity index (χ3n) is 2.52. The number of carbonyl (C=O) groups excluding carboxylic acids is 1. The molecule has 0 unspecified atom stereocenters. The lowest BCUT2D eigenvalue weighted by Gasteiger charge is -2.06. The zero-order chi connectivity index (χ0) is 13.8. The van der Waals surface area contributed by atoms with Crippen LogP contribution in [-0.4, -0.2) is 13.1 Å². The zero-order valence-electron chi connectivity index (χ0n) is 10.1. The molecule has 0 bridgehead atoms. The first-order valence-electron chi connectivity index (χ1n) is 5.45. The number of hydrogen-bond acceptors (Lipinski definition) is 4. The molecule has 0 spiro atoms. The fourth-order valence-electron chi connectivity index (χ4n) is 1.55. The number of carbonyl (C=O) groups is 1. The van der Waals surface area contributed by atoms with Crippen molar-refractivity contribution in [3.05, 3.63) is 53.5 Å². The van der Waals surface area contributed by atoms with Crippen molar-refractivity contribution in [1.29, 1.82) is 0 Å². The molecule has 1 N–H and O–H groups in total. The maximum atomic E-state index is 13.0. The van der Waals surface area contributed by atoms with Gasteiger partial charge in [-0.2, -0.15) is 0 Å². The number of methoxy groups -OCH3 is 1. The van der Waals surface area contributed by atoms with Crippen LogP contribution in [0.15, 0.2) is 34.9 Å². The molecule has 0 aliphatic rings. The summed E-state index contributed by atoms with van der Waals surface area (Å²) in [7, 11) is 1.25. The van der Waals surface area contributed by atoms with Crippen molar-refractivity contribution in [2.45, 2.75) is 6.54 Å². The Bertz CT molecular complexity index is 595. The van der Waals surface area contributed by atoms with Gasteiger partial charge in [0.15, 0.2) is 11.6 Å². The SMILES string of the molecule is COC(=O)c1occc1CNc1ccc(F)c(F)c1. The first-order chi connectivity index (χ1) is 9.11. The second-order valence-corrected chi connectivity index (χ2v) is 3.75. The minimum Gasteiger partial charge on any atom is -0.463 e. The number of benzene rings is 1. The molecule has 1 aromatic heterocycles. The van der Waals surface area contributed by atoms with Gasteiger partial charge in [0.25, 0.3) is 0 Å². The van der Waals surface area contributed by atoms with E-state index in [4.69, 9.17) is 4.42 Å². The fraction of sp³-hybridized carbons (Fsp3) is 0.154. The Hall–Kier alpha value is -2.37. The molecule has 2 aromatic rings. The maximum Gasteiger partial charge on any atom is 0.374 e. The van der Waals surface area contributed by atoms with Crippen molar-refractivity contribution in [2.24, 2.45) is 0 Å². The highest BCUT2D eigenvalue weighted by Gasteiger charge is 2.15. The van der Waals surface area contributed by atoms with E-state index >= 15 is 0 Å². The average Bonchev–Trinajstić information content (AvgIpc) is 2.87. The molecule has 1 heterocycles. The third-order valence-corrected chi connectivity index (χ3v) is 2.52. The smallest absolute Gasteiger partial charge is 0.374 e. The molecule has 0 atom stereocenters. The molecule has 0 saturated heterocycles. The summed E-state index contributed by atoms with van der Waals surface area (Å²) in [5, 5.41) is 2.86. The molecule has 0 aliphatic carbocycles. The van der Waals surface area contributed by atoms with Crippen LogP contribution in [0, 0.1) is 11.6 Å². The number of halogens is 2. The van der Waals surface area contributed by atoms with Gasteiger partial charge < -0.3 is 14.5 Å². The number of nitrogens with one attached hydrogen (secondary N) is 1. The van der Waals surface area contributed by atoms with E-state index in [0.29, 0.717) is 11.3 Å². The van der Waals surface area contributed by atoms with Crippen LogP contribution in [0.4, 0.5) is 14.5 Å². The van der Waals surface area contributed by atoms with Gasteiger partial charge in [0, 0.05) is 23.9 Å². The Balaban J connectivity index is 2.08. The van der Waals surface area contributed by atoms with Gasteiger partial charge >= 0.3 is 5.97 Å². The van der Waals surface area contributed by atoms with Gasteiger partial charge in [-0.3, -0.25) is 0 Å². The van der Waals surface area contributed by atoms with Gasteiger partial charge in [-0.05, 0) is 18.2 Å². The topological polar surface area (TPSA) is 51.5 Å². The summed E-state index contributed by atoms with van der Waals surface area (Å²) in [6.07, 6.45) is 1.36. The van der Waals surface area contributed by atoms with Crippen molar-refractivity contribution in [3.63, 3.8) is 0 Å². The molecule has 19 heavy (non-hydrogen) atoms. The number of esters is 1. The Labute approximate surface area is 108 Å². The Kier molecular flexibility index (Phi) is 3.79. The second-order valence-electron chi connectivity index (χ2n) is 3.75. The summed E-state index contributed by atoms with van der Waals surface area (Å²) < 4.78 is 35.3. The van der Waals surface area contributed by atoms with Crippen LogP contribution in [0.25, 0.3) is 0 Å². The van der Waals surface area contributed by atoms with E-state index in [0.717, 1.165) is 12.1 Å². The molecular formula is C13H11F2NO3. The Morgan fingerprint density at radius 1 is 1.32 bits per heavy atom. The minimum absolute atomic E-state index is 0.0811. The van der Waals surface area contributed by atoms with Gasteiger partial charge in [-0.1, -0.05) is 0 Å². The quantitative estimate of drug-likeness (QED) is 0.865. The summed E-state index contributed by atoms with van der Waals surface area (Å²) in [4.78, 5) is 11.4. The third kappa shape index (κ3) is 2.90. The average molecular weight is 267 g/mol. The maximum absolute atomic E-state index is 13.0. The number of furan rings is 1. The standard InChI is InChI=1S/C13H11F2NO3/c1-18-13(17)12-8(4-5-19-12)7-16-9-2-3-10(14)11(15)6-9/h2-6,16H,7H2,1H3. The first-order valence-corrected chi connectivity index (χ1v) is 5.45. The van der Waals surface area contributed by atoms with Crippen LogP contribution in [0.2, 0.25) is 0 Å². The largest absolute Gasteiger partial charge is 0.463 e. The van der Waals surface area contributed by atoms with E-state index < -0.39 is 17.6 Å². The number of ether oxygens (including phenoxy) is 1. The van der Waals surface area contributed by atoms with Crippen molar-refractivity contribution < 1.29 is 22.7 Å². The molecule has 0 amide bonds. The summed E-state index contributed by atoms with van der Waals surface area (Å²) in [6, 6.07) is 5.05. The van der Waals surface area contributed by atoms with E-state index in [2.05, 4.69) is 10.1 Å². The second kappa shape index (κ2) is 5.51. The molecule has 0 saturated carbocycles. The van der Waals surface area contributed by atoms with E-state index in [1.54, 1.807) is 6.07 Å². The van der Waals surface area contributed by atoms with Crippen LogP contribution in [0.3, 0.4) is 0 Å². The molecule has 0 aliphatic heterocycles. The van der Waals surface area contributed by atoms with E-state index in [-0.39, 0.29) is 12.3 Å². The molecule has 1 aromatic carbocycles. The zero-order valence-corrected chi connectivity index (χ0v) is 10.1. The van der Waals surface area contributed by atoms with Gasteiger partial charge in [0.2, 0.25) is 5.76 Å². The van der Waals surface area contributed by atoms with Gasteiger partial charge in [-0.15, -0.1) is 0 Å². The van der Waals surface area contributed by atoms with Crippen LogP contribution in [0.1, 0.15) is 16.1 Å².